The van der Waals surface area contributed by atoms with E-state index in [2.05, 4.69) is 26.3 Å². The van der Waals surface area contributed by atoms with E-state index in [0.29, 0.717) is 10.3 Å². The van der Waals surface area contributed by atoms with Gasteiger partial charge in [-0.1, -0.05) is 0 Å². The van der Waals surface area contributed by atoms with E-state index in [1.165, 1.54) is 12.1 Å². The maximum absolute atomic E-state index is 13.2. The normalized spacial score (nSPS) is 10.5. The number of nitrogen functional groups attached to an aromatic ring is 1. The Morgan fingerprint density at radius 2 is 2.16 bits per heavy atom. The second kappa shape index (κ2) is 5.00. The number of nitrogens with zero attached hydrogens (tertiary/aromatic N) is 2. The van der Waals surface area contributed by atoms with Crippen molar-refractivity contribution in [1.29, 1.82) is 0 Å². The fourth-order valence-electron chi connectivity index (χ4n) is 1.65. The van der Waals surface area contributed by atoms with Gasteiger partial charge in [0.2, 0.25) is 0 Å². The Labute approximate surface area is 117 Å². The van der Waals surface area contributed by atoms with Crippen LogP contribution in [-0.4, -0.2) is 15.7 Å². The molecule has 0 saturated heterocycles. The van der Waals surface area contributed by atoms with E-state index < -0.39 is 5.82 Å². The number of aromatic nitrogens is 2. The van der Waals surface area contributed by atoms with Gasteiger partial charge in [-0.3, -0.25) is 9.48 Å². The van der Waals surface area contributed by atoms with Crippen molar-refractivity contribution in [3.8, 4) is 0 Å². The molecule has 0 unspecified atom stereocenters. The summed E-state index contributed by atoms with van der Waals surface area (Å²) in [6, 6.07) is 4.19. The molecule has 3 N–H and O–H groups in total. The Bertz CT molecular complexity index is 653. The minimum atomic E-state index is -0.570. The van der Waals surface area contributed by atoms with E-state index in [-0.39, 0.29) is 17.2 Å². The Hall–Kier alpha value is -1.89. The third-order valence-electron chi connectivity index (χ3n) is 2.57. The Balaban J connectivity index is 2.30. The molecule has 2 aromatic rings. The molecule has 5 nitrogen and oxygen atoms in total. The number of halogens is 2. The molecule has 0 saturated carbocycles. The summed E-state index contributed by atoms with van der Waals surface area (Å²) in [7, 11) is 1.72. The van der Waals surface area contributed by atoms with Crippen molar-refractivity contribution in [3.05, 3.63) is 39.7 Å². The molecule has 1 heterocycles. The molecule has 0 aliphatic heterocycles. The van der Waals surface area contributed by atoms with Gasteiger partial charge in [0.15, 0.2) is 0 Å². The number of hydrogen-bond donors (Lipinski definition) is 2. The number of amides is 1. The first-order valence-corrected chi connectivity index (χ1v) is 6.24. The fraction of sp³-hybridized carbons (Fsp3) is 0.167. The largest absolute Gasteiger partial charge is 0.396 e. The lowest BCUT2D eigenvalue weighted by atomic mass is 10.2. The highest BCUT2D eigenvalue weighted by molar-refractivity contribution is 9.10. The van der Waals surface area contributed by atoms with E-state index in [1.54, 1.807) is 17.8 Å². The van der Waals surface area contributed by atoms with E-state index in [0.717, 1.165) is 5.69 Å². The Morgan fingerprint density at radius 1 is 1.47 bits per heavy atom. The lowest BCUT2D eigenvalue weighted by molar-refractivity contribution is 0.102. The van der Waals surface area contributed by atoms with E-state index in [9.17, 15) is 9.18 Å². The van der Waals surface area contributed by atoms with Crippen molar-refractivity contribution in [2.45, 2.75) is 6.92 Å². The molecule has 1 aromatic heterocycles. The number of anilines is 2. The topological polar surface area (TPSA) is 72.9 Å². The van der Waals surface area contributed by atoms with Crippen LogP contribution in [0.5, 0.6) is 0 Å². The number of rotatable bonds is 2. The molecule has 0 aliphatic carbocycles. The highest BCUT2D eigenvalue weighted by Gasteiger charge is 2.15. The summed E-state index contributed by atoms with van der Waals surface area (Å²) in [5.41, 5.74) is 6.44. The first kappa shape index (κ1) is 13.5. The maximum Gasteiger partial charge on any atom is 0.258 e. The standard InChI is InChI=1S/C12H12BrFN4O/c1-6-3-11(18(2)17-6)16-12(19)7-4-10(15)9(14)5-8(7)13/h3-5H,15H2,1-2H3,(H,16,19). The van der Waals surface area contributed by atoms with Crippen LogP contribution >= 0.6 is 15.9 Å². The van der Waals surface area contributed by atoms with Crippen LogP contribution in [0.1, 0.15) is 16.1 Å². The predicted molar refractivity (Wildman–Crippen MR) is 74.4 cm³/mol. The van der Waals surface area contributed by atoms with Crippen LogP contribution in [0.15, 0.2) is 22.7 Å². The summed E-state index contributed by atoms with van der Waals surface area (Å²) in [4.78, 5) is 12.1. The summed E-state index contributed by atoms with van der Waals surface area (Å²) in [5.74, 6) is -0.404. The zero-order valence-electron chi connectivity index (χ0n) is 10.4. The molecule has 0 spiro atoms. The van der Waals surface area contributed by atoms with Crippen LogP contribution in [0.4, 0.5) is 15.9 Å². The number of hydrogen-bond acceptors (Lipinski definition) is 3. The van der Waals surface area contributed by atoms with Crippen LogP contribution in [0.2, 0.25) is 0 Å². The molecule has 19 heavy (non-hydrogen) atoms. The number of aryl methyl sites for hydroxylation is 2. The lowest BCUT2D eigenvalue weighted by Gasteiger charge is -2.08. The maximum atomic E-state index is 13.2. The average molecular weight is 327 g/mol. The monoisotopic (exact) mass is 326 g/mol. The quantitative estimate of drug-likeness (QED) is 0.832. The van der Waals surface area contributed by atoms with Gasteiger partial charge in [-0.05, 0) is 35.0 Å². The molecule has 1 aromatic carbocycles. The van der Waals surface area contributed by atoms with Gasteiger partial charge in [0.25, 0.3) is 5.91 Å². The molecule has 0 atom stereocenters. The Kier molecular flexibility index (Phi) is 3.57. The van der Waals surface area contributed by atoms with Crippen molar-refractivity contribution in [2.75, 3.05) is 11.1 Å². The molecule has 2 rings (SSSR count). The Morgan fingerprint density at radius 3 is 2.74 bits per heavy atom. The van der Waals surface area contributed by atoms with Crippen molar-refractivity contribution in [1.82, 2.24) is 9.78 Å². The second-order valence-electron chi connectivity index (χ2n) is 4.10. The van der Waals surface area contributed by atoms with E-state index in [4.69, 9.17) is 5.73 Å². The number of nitrogens with two attached hydrogens (primary N) is 1. The van der Waals surface area contributed by atoms with Gasteiger partial charge in [-0.15, -0.1) is 0 Å². The first-order valence-electron chi connectivity index (χ1n) is 5.45. The minimum absolute atomic E-state index is 0.0745. The van der Waals surface area contributed by atoms with Crippen molar-refractivity contribution >= 4 is 33.3 Å². The molecule has 1 amide bonds. The van der Waals surface area contributed by atoms with Crippen LogP contribution in [0.3, 0.4) is 0 Å². The number of carbonyl (C=O) groups excluding carboxylic acids is 1. The summed E-state index contributed by atoms with van der Waals surface area (Å²) in [5, 5.41) is 6.81. The smallest absolute Gasteiger partial charge is 0.258 e. The third kappa shape index (κ3) is 2.76. The second-order valence-corrected chi connectivity index (χ2v) is 4.96. The highest BCUT2D eigenvalue weighted by Crippen LogP contribution is 2.23. The van der Waals surface area contributed by atoms with Gasteiger partial charge < -0.3 is 11.1 Å². The number of carbonyl (C=O) groups is 1. The molecule has 100 valence electrons. The van der Waals surface area contributed by atoms with Gasteiger partial charge in [-0.25, -0.2) is 4.39 Å². The van der Waals surface area contributed by atoms with E-state index >= 15 is 0 Å². The van der Waals surface area contributed by atoms with Gasteiger partial charge in [0, 0.05) is 17.6 Å². The molecule has 0 aliphatic rings. The fourth-order valence-corrected chi connectivity index (χ4v) is 2.15. The molecule has 0 fully saturated rings. The SMILES string of the molecule is Cc1cc(NC(=O)c2cc(N)c(F)cc2Br)n(C)n1. The van der Waals surface area contributed by atoms with Crippen molar-refractivity contribution in [2.24, 2.45) is 7.05 Å². The van der Waals surface area contributed by atoms with Crippen molar-refractivity contribution < 1.29 is 9.18 Å². The summed E-state index contributed by atoms with van der Waals surface area (Å²) < 4.78 is 15.1. The van der Waals surface area contributed by atoms with Crippen molar-refractivity contribution in [3.63, 3.8) is 0 Å². The third-order valence-corrected chi connectivity index (χ3v) is 3.23. The zero-order valence-corrected chi connectivity index (χ0v) is 12.0. The lowest BCUT2D eigenvalue weighted by Crippen LogP contribution is -2.15. The summed E-state index contributed by atoms with van der Waals surface area (Å²) in [6.07, 6.45) is 0. The van der Waals surface area contributed by atoms with Gasteiger partial charge in [-0.2, -0.15) is 5.10 Å². The molecule has 7 heteroatoms. The van der Waals surface area contributed by atoms with Crippen LogP contribution < -0.4 is 11.1 Å². The number of benzene rings is 1. The molecular formula is C12H12BrFN4O. The minimum Gasteiger partial charge on any atom is -0.396 e. The van der Waals surface area contributed by atoms with Crippen LogP contribution in [0, 0.1) is 12.7 Å². The summed E-state index contributed by atoms with van der Waals surface area (Å²) >= 11 is 3.14. The van der Waals surface area contributed by atoms with E-state index in [1.807, 2.05) is 6.92 Å². The predicted octanol–water partition coefficient (Wildman–Crippen LogP) is 2.46. The highest BCUT2D eigenvalue weighted by atomic mass is 79.9. The summed E-state index contributed by atoms with van der Waals surface area (Å²) in [6.45, 7) is 1.82. The van der Waals surface area contributed by atoms with Crippen LogP contribution in [0.25, 0.3) is 0 Å². The first-order chi connectivity index (χ1) is 8.88. The average Bonchev–Trinajstić information content (AvgIpc) is 2.62. The molecule has 0 radical (unpaired) electrons. The molecule has 0 bridgehead atoms. The van der Waals surface area contributed by atoms with Gasteiger partial charge >= 0.3 is 0 Å². The number of nitrogens with one attached hydrogen (secondary N) is 1. The molecular weight excluding hydrogens is 315 g/mol. The van der Waals surface area contributed by atoms with Gasteiger partial charge in [0.05, 0.1) is 16.9 Å². The van der Waals surface area contributed by atoms with Crippen LogP contribution in [-0.2, 0) is 7.05 Å². The van der Waals surface area contributed by atoms with Gasteiger partial charge in [0.1, 0.15) is 11.6 Å². The zero-order chi connectivity index (χ0) is 14.2.